The maximum absolute atomic E-state index is 12.0. The molecule has 0 bridgehead atoms. The highest BCUT2D eigenvalue weighted by Crippen LogP contribution is 2.27. The van der Waals surface area contributed by atoms with Crippen LogP contribution in [0.1, 0.15) is 5.56 Å². The smallest absolute Gasteiger partial charge is 0.238 e. The zero-order valence-corrected chi connectivity index (χ0v) is 15.3. The fourth-order valence-corrected chi connectivity index (χ4v) is 2.80. The fourth-order valence-electron chi connectivity index (χ4n) is 2.12. The summed E-state index contributed by atoms with van der Waals surface area (Å²) in [6.07, 6.45) is 0.698. The van der Waals surface area contributed by atoms with Crippen molar-refractivity contribution in [3.05, 3.63) is 57.0 Å². The molecule has 0 aliphatic heterocycles. The number of hydrogen-bond donors (Lipinski definition) is 2. The third-order valence-electron chi connectivity index (χ3n) is 3.31. The molecule has 0 unspecified atom stereocenters. The van der Waals surface area contributed by atoms with Crippen LogP contribution in [0.4, 0.5) is 5.69 Å². The van der Waals surface area contributed by atoms with Crippen molar-refractivity contribution in [2.24, 2.45) is 0 Å². The van der Waals surface area contributed by atoms with Gasteiger partial charge in [0, 0.05) is 15.1 Å². The lowest BCUT2D eigenvalue weighted by molar-refractivity contribution is -0.115. The molecule has 0 aliphatic carbocycles. The van der Waals surface area contributed by atoms with Crippen LogP contribution in [0.3, 0.4) is 0 Å². The van der Waals surface area contributed by atoms with Crippen LogP contribution >= 0.6 is 34.8 Å². The van der Waals surface area contributed by atoms with Crippen LogP contribution in [0.5, 0.6) is 5.75 Å². The lowest BCUT2D eigenvalue weighted by Crippen LogP contribution is -2.29. The first-order chi connectivity index (χ1) is 11.5. The van der Waals surface area contributed by atoms with Gasteiger partial charge in [-0.3, -0.25) is 4.79 Å². The van der Waals surface area contributed by atoms with Gasteiger partial charge in [0.15, 0.2) is 0 Å². The third kappa shape index (κ3) is 5.56. The summed E-state index contributed by atoms with van der Waals surface area (Å²) < 4.78 is 5.19. The van der Waals surface area contributed by atoms with Crippen LogP contribution < -0.4 is 15.4 Å². The van der Waals surface area contributed by atoms with E-state index >= 15 is 0 Å². The lowest BCUT2D eigenvalue weighted by Gasteiger charge is -2.11. The van der Waals surface area contributed by atoms with Gasteiger partial charge < -0.3 is 15.4 Å². The standard InChI is InChI=1S/C17H17Cl3N2O2/c1-24-16-5-4-13(19)9-15(16)22-17(23)10-21-7-6-11-2-3-12(18)8-14(11)20/h2-5,8-9,21H,6-7,10H2,1H3,(H,22,23). The second kappa shape index (κ2) is 9.14. The minimum Gasteiger partial charge on any atom is -0.495 e. The monoisotopic (exact) mass is 386 g/mol. The normalized spacial score (nSPS) is 10.5. The van der Waals surface area contributed by atoms with Gasteiger partial charge in [0.2, 0.25) is 5.91 Å². The number of ether oxygens (including phenoxy) is 1. The van der Waals surface area contributed by atoms with Gasteiger partial charge in [0.05, 0.1) is 19.3 Å². The molecule has 0 atom stereocenters. The molecule has 1 amide bonds. The SMILES string of the molecule is COc1ccc(Cl)cc1NC(=O)CNCCc1ccc(Cl)cc1Cl. The number of rotatable bonds is 7. The number of benzene rings is 2. The van der Waals surface area contributed by atoms with E-state index in [-0.39, 0.29) is 12.5 Å². The summed E-state index contributed by atoms with van der Waals surface area (Å²) in [6, 6.07) is 10.4. The van der Waals surface area contributed by atoms with Crippen LogP contribution in [0.15, 0.2) is 36.4 Å². The molecule has 0 aliphatic rings. The molecule has 0 heterocycles. The van der Waals surface area contributed by atoms with Crippen molar-refractivity contribution in [2.75, 3.05) is 25.5 Å². The van der Waals surface area contributed by atoms with Crippen molar-refractivity contribution in [3.8, 4) is 5.75 Å². The van der Waals surface area contributed by atoms with Crippen molar-refractivity contribution in [1.82, 2.24) is 5.32 Å². The summed E-state index contributed by atoms with van der Waals surface area (Å²) in [5.41, 5.74) is 1.52. The number of halogens is 3. The highest BCUT2D eigenvalue weighted by atomic mass is 35.5. The molecular weight excluding hydrogens is 371 g/mol. The van der Waals surface area contributed by atoms with Crippen LogP contribution in [0.2, 0.25) is 15.1 Å². The molecule has 2 rings (SSSR count). The van der Waals surface area contributed by atoms with E-state index < -0.39 is 0 Å². The van der Waals surface area contributed by atoms with Crippen molar-refractivity contribution >= 4 is 46.4 Å². The Kier molecular flexibility index (Phi) is 7.18. The zero-order valence-electron chi connectivity index (χ0n) is 13.0. The average molecular weight is 388 g/mol. The number of anilines is 1. The molecule has 2 N–H and O–H groups in total. The Morgan fingerprint density at radius 1 is 1.08 bits per heavy atom. The number of nitrogens with one attached hydrogen (secondary N) is 2. The minimum absolute atomic E-state index is 0.168. The first-order valence-electron chi connectivity index (χ1n) is 7.27. The van der Waals surface area contributed by atoms with Crippen LogP contribution in [-0.2, 0) is 11.2 Å². The topological polar surface area (TPSA) is 50.4 Å². The van der Waals surface area contributed by atoms with Gasteiger partial charge in [-0.15, -0.1) is 0 Å². The largest absolute Gasteiger partial charge is 0.495 e. The van der Waals surface area contributed by atoms with E-state index in [1.54, 1.807) is 30.3 Å². The van der Waals surface area contributed by atoms with Gasteiger partial charge in [-0.05, 0) is 48.9 Å². The van der Waals surface area contributed by atoms with Gasteiger partial charge in [0.25, 0.3) is 0 Å². The molecule has 4 nitrogen and oxygen atoms in total. The fraction of sp³-hybridized carbons (Fsp3) is 0.235. The average Bonchev–Trinajstić information content (AvgIpc) is 2.53. The van der Waals surface area contributed by atoms with E-state index in [1.807, 2.05) is 6.07 Å². The molecule has 0 spiro atoms. The van der Waals surface area contributed by atoms with E-state index in [4.69, 9.17) is 39.5 Å². The molecule has 0 fully saturated rings. The molecule has 24 heavy (non-hydrogen) atoms. The van der Waals surface area contributed by atoms with Gasteiger partial charge in [-0.25, -0.2) is 0 Å². The molecular formula is C17H17Cl3N2O2. The summed E-state index contributed by atoms with van der Waals surface area (Å²) in [5.74, 6) is 0.374. The Balaban J connectivity index is 1.80. The second-order valence-corrected chi connectivity index (χ2v) is 6.34. The Bertz CT molecular complexity index is 723. The van der Waals surface area contributed by atoms with E-state index in [0.717, 1.165) is 5.56 Å². The Morgan fingerprint density at radius 2 is 1.79 bits per heavy atom. The summed E-state index contributed by atoms with van der Waals surface area (Å²) >= 11 is 17.9. The highest BCUT2D eigenvalue weighted by Gasteiger charge is 2.08. The van der Waals surface area contributed by atoms with Crippen LogP contribution in [-0.4, -0.2) is 26.1 Å². The summed E-state index contributed by atoms with van der Waals surface area (Å²) in [7, 11) is 1.53. The first kappa shape index (κ1) is 18.9. The Morgan fingerprint density at radius 3 is 2.50 bits per heavy atom. The highest BCUT2D eigenvalue weighted by molar-refractivity contribution is 6.35. The molecule has 0 radical (unpaired) electrons. The maximum atomic E-state index is 12.0. The van der Waals surface area contributed by atoms with Gasteiger partial charge in [-0.1, -0.05) is 40.9 Å². The maximum Gasteiger partial charge on any atom is 0.238 e. The van der Waals surface area contributed by atoms with Crippen molar-refractivity contribution in [2.45, 2.75) is 6.42 Å². The molecule has 128 valence electrons. The van der Waals surface area contributed by atoms with Crippen molar-refractivity contribution < 1.29 is 9.53 Å². The lowest BCUT2D eigenvalue weighted by atomic mass is 10.1. The quantitative estimate of drug-likeness (QED) is 0.691. The molecule has 0 saturated carbocycles. The predicted molar refractivity (Wildman–Crippen MR) is 99.7 cm³/mol. The van der Waals surface area contributed by atoms with E-state index in [1.165, 1.54) is 7.11 Å². The van der Waals surface area contributed by atoms with E-state index in [0.29, 0.717) is 39.5 Å². The number of carbonyl (C=O) groups excluding carboxylic acids is 1. The van der Waals surface area contributed by atoms with E-state index in [2.05, 4.69) is 10.6 Å². The number of carbonyl (C=O) groups is 1. The van der Waals surface area contributed by atoms with Gasteiger partial charge in [-0.2, -0.15) is 0 Å². The molecule has 2 aromatic rings. The molecule has 0 saturated heterocycles. The minimum atomic E-state index is -0.183. The molecule has 2 aromatic carbocycles. The van der Waals surface area contributed by atoms with E-state index in [9.17, 15) is 4.79 Å². The number of amides is 1. The zero-order chi connectivity index (χ0) is 17.5. The first-order valence-corrected chi connectivity index (χ1v) is 8.41. The number of methoxy groups -OCH3 is 1. The summed E-state index contributed by atoms with van der Waals surface area (Å²) in [6.45, 7) is 0.780. The molecule has 7 heteroatoms. The summed E-state index contributed by atoms with van der Waals surface area (Å²) in [4.78, 5) is 12.0. The van der Waals surface area contributed by atoms with Crippen molar-refractivity contribution in [1.29, 1.82) is 0 Å². The van der Waals surface area contributed by atoms with Crippen LogP contribution in [0, 0.1) is 0 Å². The molecule has 0 aromatic heterocycles. The van der Waals surface area contributed by atoms with Gasteiger partial charge in [0.1, 0.15) is 5.75 Å². The number of hydrogen-bond acceptors (Lipinski definition) is 3. The Hall–Kier alpha value is -1.46. The third-order valence-corrected chi connectivity index (χ3v) is 4.13. The van der Waals surface area contributed by atoms with Crippen molar-refractivity contribution in [3.63, 3.8) is 0 Å². The Labute approximate surface area is 156 Å². The summed E-state index contributed by atoms with van der Waals surface area (Å²) in [5, 5.41) is 7.59. The van der Waals surface area contributed by atoms with Crippen LogP contribution in [0.25, 0.3) is 0 Å². The predicted octanol–water partition coefficient (Wildman–Crippen LogP) is 4.43. The second-order valence-electron chi connectivity index (χ2n) is 5.06. The van der Waals surface area contributed by atoms with Gasteiger partial charge >= 0.3 is 0 Å².